The van der Waals surface area contributed by atoms with Crippen molar-refractivity contribution in [2.24, 2.45) is 0 Å². The van der Waals surface area contributed by atoms with Gasteiger partial charge in [-0.3, -0.25) is 9.78 Å². The van der Waals surface area contributed by atoms with Gasteiger partial charge in [0, 0.05) is 12.7 Å². The number of aromatic carboxylic acids is 1. The standard InChI is InChI=1S/C15H20N2O4/c18-14(13-7-6-11(10-17-13)15(19)20)16-8-9-21-12-4-2-1-3-5-12/h6-7,10,12H,1-5,8-9H2,(H,16,18)(H,19,20). The molecule has 1 amide bonds. The van der Waals surface area contributed by atoms with Gasteiger partial charge in [-0.15, -0.1) is 0 Å². The topological polar surface area (TPSA) is 88.5 Å². The van der Waals surface area contributed by atoms with Crippen molar-refractivity contribution < 1.29 is 19.4 Å². The average molecular weight is 292 g/mol. The van der Waals surface area contributed by atoms with E-state index in [4.69, 9.17) is 9.84 Å². The third kappa shape index (κ3) is 4.82. The first kappa shape index (κ1) is 15.4. The molecule has 1 heterocycles. The molecule has 0 bridgehead atoms. The lowest BCUT2D eigenvalue weighted by Gasteiger charge is -2.21. The molecule has 0 spiro atoms. The van der Waals surface area contributed by atoms with Crippen LogP contribution in [0.1, 0.15) is 53.0 Å². The van der Waals surface area contributed by atoms with Gasteiger partial charge in [-0.1, -0.05) is 19.3 Å². The van der Waals surface area contributed by atoms with E-state index in [0.29, 0.717) is 19.3 Å². The zero-order chi connectivity index (χ0) is 15.1. The van der Waals surface area contributed by atoms with E-state index in [1.165, 1.54) is 37.6 Å². The van der Waals surface area contributed by atoms with E-state index in [0.717, 1.165) is 12.8 Å². The lowest BCUT2D eigenvalue weighted by molar-refractivity contribution is 0.0299. The Morgan fingerprint density at radius 1 is 1.29 bits per heavy atom. The van der Waals surface area contributed by atoms with Crippen LogP contribution in [0, 0.1) is 0 Å². The number of rotatable bonds is 6. The third-order valence-corrected chi connectivity index (χ3v) is 3.54. The number of amides is 1. The summed E-state index contributed by atoms with van der Waals surface area (Å²) in [7, 11) is 0. The van der Waals surface area contributed by atoms with Gasteiger partial charge < -0.3 is 15.2 Å². The Morgan fingerprint density at radius 3 is 2.67 bits per heavy atom. The fourth-order valence-corrected chi connectivity index (χ4v) is 2.37. The van der Waals surface area contributed by atoms with Crippen LogP contribution in [0.3, 0.4) is 0 Å². The van der Waals surface area contributed by atoms with Gasteiger partial charge in [-0.25, -0.2) is 4.79 Å². The van der Waals surface area contributed by atoms with E-state index in [-0.39, 0.29) is 17.2 Å². The zero-order valence-corrected chi connectivity index (χ0v) is 11.9. The Kier molecular flexibility index (Phi) is 5.68. The Balaban J connectivity index is 1.70. The highest BCUT2D eigenvalue weighted by Gasteiger charge is 2.14. The van der Waals surface area contributed by atoms with Gasteiger partial charge in [-0.2, -0.15) is 0 Å². The van der Waals surface area contributed by atoms with Crippen LogP contribution in [0.4, 0.5) is 0 Å². The maximum Gasteiger partial charge on any atom is 0.337 e. The molecule has 0 radical (unpaired) electrons. The molecule has 21 heavy (non-hydrogen) atoms. The van der Waals surface area contributed by atoms with Gasteiger partial charge in [0.05, 0.1) is 18.3 Å². The van der Waals surface area contributed by atoms with Crippen molar-refractivity contribution in [2.75, 3.05) is 13.2 Å². The number of pyridine rings is 1. The minimum atomic E-state index is -1.06. The zero-order valence-electron chi connectivity index (χ0n) is 11.9. The highest BCUT2D eigenvalue weighted by Crippen LogP contribution is 2.19. The van der Waals surface area contributed by atoms with E-state index in [1.54, 1.807) is 0 Å². The molecule has 1 aromatic heterocycles. The van der Waals surface area contributed by atoms with Crippen LogP contribution in [0.5, 0.6) is 0 Å². The number of nitrogens with zero attached hydrogens (tertiary/aromatic N) is 1. The fraction of sp³-hybridized carbons (Fsp3) is 0.533. The minimum Gasteiger partial charge on any atom is -0.478 e. The van der Waals surface area contributed by atoms with Crippen LogP contribution in [-0.2, 0) is 4.74 Å². The summed E-state index contributed by atoms with van der Waals surface area (Å²) >= 11 is 0. The molecule has 2 rings (SSSR count). The van der Waals surface area contributed by atoms with E-state index < -0.39 is 5.97 Å². The highest BCUT2D eigenvalue weighted by molar-refractivity contribution is 5.93. The Morgan fingerprint density at radius 2 is 2.05 bits per heavy atom. The van der Waals surface area contributed by atoms with Crippen molar-refractivity contribution in [2.45, 2.75) is 38.2 Å². The number of ether oxygens (including phenoxy) is 1. The first-order valence-electron chi connectivity index (χ1n) is 7.26. The first-order valence-corrected chi connectivity index (χ1v) is 7.26. The number of carbonyl (C=O) groups excluding carboxylic acids is 1. The van der Waals surface area contributed by atoms with Crippen LogP contribution in [0.15, 0.2) is 18.3 Å². The van der Waals surface area contributed by atoms with Crippen molar-refractivity contribution in [3.05, 3.63) is 29.6 Å². The summed E-state index contributed by atoms with van der Waals surface area (Å²) in [5.74, 6) is -1.38. The van der Waals surface area contributed by atoms with Crippen molar-refractivity contribution in [3.8, 4) is 0 Å². The number of hydrogen-bond acceptors (Lipinski definition) is 4. The Hall–Kier alpha value is -1.95. The summed E-state index contributed by atoms with van der Waals surface area (Å²) in [5.41, 5.74) is 0.268. The second-order valence-corrected chi connectivity index (χ2v) is 5.12. The lowest BCUT2D eigenvalue weighted by atomic mass is 9.98. The number of carbonyl (C=O) groups is 2. The molecule has 1 aliphatic rings. The lowest BCUT2D eigenvalue weighted by Crippen LogP contribution is -2.30. The Labute approximate surface area is 123 Å². The highest BCUT2D eigenvalue weighted by atomic mass is 16.5. The molecule has 6 nitrogen and oxygen atoms in total. The van der Waals surface area contributed by atoms with Crippen LogP contribution in [0.25, 0.3) is 0 Å². The molecular weight excluding hydrogens is 272 g/mol. The summed E-state index contributed by atoms with van der Waals surface area (Å²) < 4.78 is 5.71. The van der Waals surface area contributed by atoms with E-state index in [2.05, 4.69) is 10.3 Å². The van der Waals surface area contributed by atoms with Gasteiger partial charge in [0.1, 0.15) is 5.69 Å². The first-order chi connectivity index (χ1) is 10.2. The summed E-state index contributed by atoms with van der Waals surface area (Å²) in [6.45, 7) is 0.918. The molecule has 1 aliphatic carbocycles. The maximum absolute atomic E-state index is 11.8. The predicted octanol–water partition coefficient (Wildman–Crippen LogP) is 1.86. The van der Waals surface area contributed by atoms with Crippen LogP contribution in [-0.4, -0.2) is 41.2 Å². The summed E-state index contributed by atoms with van der Waals surface area (Å²) in [6.07, 6.45) is 7.43. The van der Waals surface area contributed by atoms with E-state index in [1.807, 2.05) is 0 Å². The number of aromatic nitrogens is 1. The fourth-order valence-electron chi connectivity index (χ4n) is 2.37. The molecule has 1 fully saturated rings. The number of nitrogens with one attached hydrogen (secondary N) is 1. The molecule has 1 aromatic rings. The molecule has 0 aromatic carbocycles. The van der Waals surface area contributed by atoms with Gasteiger partial charge in [-0.05, 0) is 25.0 Å². The van der Waals surface area contributed by atoms with Gasteiger partial charge in [0.2, 0.25) is 0 Å². The van der Waals surface area contributed by atoms with Crippen LogP contribution < -0.4 is 5.32 Å². The second kappa shape index (κ2) is 7.73. The van der Waals surface area contributed by atoms with Crippen molar-refractivity contribution >= 4 is 11.9 Å². The second-order valence-electron chi connectivity index (χ2n) is 5.12. The smallest absolute Gasteiger partial charge is 0.337 e. The molecule has 0 aliphatic heterocycles. The minimum absolute atomic E-state index is 0.0622. The van der Waals surface area contributed by atoms with Crippen molar-refractivity contribution in [1.82, 2.24) is 10.3 Å². The quantitative estimate of drug-likeness (QED) is 0.781. The predicted molar refractivity (Wildman–Crippen MR) is 76.4 cm³/mol. The third-order valence-electron chi connectivity index (χ3n) is 3.54. The van der Waals surface area contributed by atoms with Gasteiger partial charge in [0.25, 0.3) is 5.91 Å². The van der Waals surface area contributed by atoms with Gasteiger partial charge >= 0.3 is 5.97 Å². The Bertz CT molecular complexity index is 481. The molecule has 0 atom stereocenters. The summed E-state index contributed by atoms with van der Waals surface area (Å²) in [6, 6.07) is 2.77. The number of hydrogen-bond donors (Lipinski definition) is 2. The molecule has 0 unspecified atom stereocenters. The monoisotopic (exact) mass is 292 g/mol. The molecule has 0 saturated heterocycles. The summed E-state index contributed by atoms with van der Waals surface area (Å²) in [5, 5.41) is 11.5. The largest absolute Gasteiger partial charge is 0.478 e. The summed E-state index contributed by atoms with van der Waals surface area (Å²) in [4.78, 5) is 26.3. The maximum atomic E-state index is 11.8. The van der Waals surface area contributed by atoms with E-state index >= 15 is 0 Å². The average Bonchev–Trinajstić information content (AvgIpc) is 2.52. The normalized spacial score (nSPS) is 15.6. The van der Waals surface area contributed by atoms with Crippen LogP contribution in [0.2, 0.25) is 0 Å². The van der Waals surface area contributed by atoms with Gasteiger partial charge in [0.15, 0.2) is 0 Å². The van der Waals surface area contributed by atoms with Crippen LogP contribution >= 0.6 is 0 Å². The molecule has 6 heteroatoms. The van der Waals surface area contributed by atoms with E-state index in [9.17, 15) is 9.59 Å². The molecular formula is C15H20N2O4. The van der Waals surface area contributed by atoms with Crippen molar-refractivity contribution in [3.63, 3.8) is 0 Å². The SMILES string of the molecule is O=C(O)c1ccc(C(=O)NCCOC2CCCCC2)nc1. The molecule has 2 N–H and O–H groups in total. The molecule has 114 valence electrons. The molecule has 1 saturated carbocycles. The number of carboxylic acid groups (broad SMARTS) is 1. The number of carboxylic acids is 1. The van der Waals surface area contributed by atoms with Crippen molar-refractivity contribution in [1.29, 1.82) is 0 Å².